The molecule has 1 aliphatic heterocycles. The van der Waals surface area contributed by atoms with Crippen LogP contribution in [0.25, 0.3) is 22.0 Å². The van der Waals surface area contributed by atoms with Crippen LogP contribution in [0.3, 0.4) is 0 Å². The number of hydroxylamine groups is 2. The summed E-state index contributed by atoms with van der Waals surface area (Å²) in [6, 6.07) is 26.8. The molecular weight excluding hydrogens is 488 g/mol. The summed E-state index contributed by atoms with van der Waals surface area (Å²) in [4.78, 5) is 25.1. The van der Waals surface area contributed by atoms with E-state index in [1.54, 1.807) is 11.1 Å². The Hall–Kier alpha value is -3.91. The van der Waals surface area contributed by atoms with Crippen LogP contribution in [-0.2, 0) is 11.4 Å². The van der Waals surface area contributed by atoms with Crippen molar-refractivity contribution in [3.63, 3.8) is 0 Å². The molecule has 0 bridgehead atoms. The monoisotopic (exact) mass is 522 g/mol. The summed E-state index contributed by atoms with van der Waals surface area (Å²) in [5.41, 5.74) is 4.88. The second-order valence-corrected chi connectivity index (χ2v) is 9.91. The number of carbonyl (C=O) groups excluding carboxylic acids is 1. The zero-order chi connectivity index (χ0) is 27.2. The third kappa shape index (κ3) is 6.40. The highest BCUT2D eigenvalue weighted by Gasteiger charge is 2.20. The largest absolute Gasteiger partial charge is 0.372 e. The molecule has 1 saturated heterocycles. The predicted octanol–water partition coefficient (Wildman–Crippen LogP) is 5.45. The lowest BCUT2D eigenvalue weighted by molar-refractivity contribution is -0.250. The van der Waals surface area contributed by atoms with Gasteiger partial charge in [-0.15, -0.1) is 0 Å². The van der Waals surface area contributed by atoms with Gasteiger partial charge in [0, 0.05) is 36.1 Å². The molecule has 5 rings (SSSR count). The molecular formula is C32H34N4O3. The Kier molecular flexibility index (Phi) is 8.42. The lowest BCUT2D eigenvalue weighted by Crippen LogP contribution is -2.30. The number of carbonyl (C=O) groups is 1. The Bertz CT molecular complexity index is 1490. The molecule has 1 unspecified atom stereocenters. The first-order valence-electron chi connectivity index (χ1n) is 13.5. The van der Waals surface area contributed by atoms with Crippen molar-refractivity contribution >= 4 is 16.8 Å². The van der Waals surface area contributed by atoms with Crippen molar-refractivity contribution in [3.05, 3.63) is 107 Å². The number of hydrogen-bond donors (Lipinski definition) is 2. The van der Waals surface area contributed by atoms with Gasteiger partial charge in [-0.3, -0.25) is 15.0 Å². The molecule has 7 nitrogen and oxygen atoms in total. The van der Waals surface area contributed by atoms with E-state index in [0.29, 0.717) is 29.8 Å². The van der Waals surface area contributed by atoms with Crippen molar-refractivity contribution in [2.45, 2.75) is 39.0 Å². The van der Waals surface area contributed by atoms with Gasteiger partial charge in [0.05, 0.1) is 12.1 Å². The van der Waals surface area contributed by atoms with Gasteiger partial charge in [-0.25, -0.2) is 4.98 Å². The molecule has 2 heterocycles. The summed E-state index contributed by atoms with van der Waals surface area (Å²) in [7, 11) is 0. The maximum atomic E-state index is 12.7. The molecule has 0 aliphatic carbocycles. The number of hydrogen-bond acceptors (Lipinski definition) is 6. The number of fused-ring (bicyclic) bond motifs is 1. The molecule has 0 radical (unpaired) electrons. The Labute approximate surface area is 228 Å². The number of benzene rings is 3. The fraction of sp³-hybridized carbons (Fsp3) is 0.281. The van der Waals surface area contributed by atoms with Gasteiger partial charge in [-0.2, -0.15) is 5.06 Å². The lowest BCUT2D eigenvalue weighted by Gasteiger charge is -2.26. The number of aliphatic hydroxyl groups excluding tert-OH is 1. The number of amides is 1. The van der Waals surface area contributed by atoms with Crippen molar-refractivity contribution < 1.29 is 14.7 Å². The van der Waals surface area contributed by atoms with Crippen LogP contribution in [0.5, 0.6) is 0 Å². The molecule has 39 heavy (non-hydrogen) atoms. The topological polar surface area (TPSA) is 89.7 Å². The molecule has 1 aromatic heterocycles. The number of aliphatic hydroxyl groups is 1. The summed E-state index contributed by atoms with van der Waals surface area (Å²) >= 11 is 0. The highest BCUT2D eigenvalue weighted by molar-refractivity contribution is 5.95. The van der Waals surface area contributed by atoms with Crippen LogP contribution in [0, 0.1) is 5.41 Å². The van der Waals surface area contributed by atoms with Gasteiger partial charge >= 0.3 is 0 Å². The predicted molar refractivity (Wildman–Crippen MR) is 151 cm³/mol. The van der Waals surface area contributed by atoms with Gasteiger partial charge in [0.15, 0.2) is 6.23 Å². The van der Waals surface area contributed by atoms with Gasteiger partial charge < -0.3 is 10.0 Å². The molecule has 0 saturated carbocycles. The number of nitrogens with zero attached hydrogens (tertiary/aromatic N) is 3. The van der Waals surface area contributed by atoms with Crippen LogP contribution in [0.15, 0.2) is 84.9 Å². The van der Waals surface area contributed by atoms with Crippen molar-refractivity contribution in [3.8, 4) is 11.1 Å². The zero-order valence-electron chi connectivity index (χ0n) is 22.2. The van der Waals surface area contributed by atoms with Crippen molar-refractivity contribution in [2.75, 3.05) is 19.6 Å². The quantitative estimate of drug-likeness (QED) is 0.225. The van der Waals surface area contributed by atoms with E-state index in [2.05, 4.69) is 4.98 Å². The highest BCUT2D eigenvalue weighted by Crippen LogP contribution is 2.26. The van der Waals surface area contributed by atoms with Crippen molar-refractivity contribution in [1.82, 2.24) is 14.9 Å². The smallest absolute Gasteiger partial charge is 0.253 e. The third-order valence-electron chi connectivity index (χ3n) is 7.01. The van der Waals surface area contributed by atoms with Crippen LogP contribution in [0.4, 0.5) is 0 Å². The van der Waals surface area contributed by atoms with E-state index in [9.17, 15) is 9.90 Å². The van der Waals surface area contributed by atoms with Crippen LogP contribution < -0.4 is 5.49 Å². The molecule has 200 valence electrons. The summed E-state index contributed by atoms with van der Waals surface area (Å²) in [6.45, 7) is 4.56. The first-order valence-corrected chi connectivity index (χ1v) is 13.5. The normalized spacial score (nSPS) is 14.2. The van der Waals surface area contributed by atoms with Crippen molar-refractivity contribution in [2.24, 2.45) is 0 Å². The molecule has 7 heteroatoms. The fourth-order valence-corrected chi connectivity index (χ4v) is 4.92. The van der Waals surface area contributed by atoms with Crippen LogP contribution >= 0.6 is 0 Å². The van der Waals surface area contributed by atoms with Gasteiger partial charge in [0.25, 0.3) is 5.91 Å². The Morgan fingerprint density at radius 3 is 2.44 bits per heavy atom. The summed E-state index contributed by atoms with van der Waals surface area (Å²) in [5.74, 6) is 0.0843. The van der Waals surface area contributed by atoms with E-state index >= 15 is 0 Å². The number of rotatable bonds is 9. The first kappa shape index (κ1) is 26.7. The molecule has 1 atom stereocenters. The number of likely N-dealkylation sites (tertiary alicyclic amines) is 1. The van der Waals surface area contributed by atoms with E-state index in [1.807, 2.05) is 90.7 Å². The Morgan fingerprint density at radius 2 is 1.72 bits per heavy atom. The van der Waals surface area contributed by atoms with Gasteiger partial charge in [0.1, 0.15) is 5.49 Å². The molecule has 0 spiro atoms. The van der Waals surface area contributed by atoms with Crippen LogP contribution in [0.2, 0.25) is 0 Å². The fourth-order valence-electron chi connectivity index (χ4n) is 4.92. The molecule has 1 amide bonds. The Balaban J connectivity index is 1.38. The molecule has 2 N–H and O–H groups in total. The summed E-state index contributed by atoms with van der Waals surface area (Å²) < 4.78 is 0. The summed E-state index contributed by atoms with van der Waals surface area (Å²) in [5, 5.41) is 22.0. The maximum absolute atomic E-state index is 12.7. The minimum atomic E-state index is -1.05. The summed E-state index contributed by atoms with van der Waals surface area (Å²) in [6.07, 6.45) is 1.89. The van der Waals surface area contributed by atoms with Gasteiger partial charge in [-0.1, -0.05) is 61.5 Å². The van der Waals surface area contributed by atoms with Gasteiger partial charge in [-0.05, 0) is 66.3 Å². The number of aromatic nitrogens is 1. The SMILES string of the molecule is CCCN(OCc1ccccc1)C(O)c1cc(=N)nc2cc(-c3ccc(C(=O)N4CCCC4)cc3)ccc2c1. The zero-order valence-corrected chi connectivity index (χ0v) is 22.2. The van der Waals surface area contributed by atoms with E-state index in [4.69, 9.17) is 10.2 Å². The average molecular weight is 523 g/mol. The highest BCUT2D eigenvalue weighted by atomic mass is 16.7. The standard InChI is InChI=1S/C32H34N4O3/c1-2-16-36(39-22-23-8-4-3-5-9-23)32(38)28-19-27-15-14-26(20-29(27)34-30(33)21-28)24-10-12-25(13-11-24)31(37)35-17-6-7-18-35/h3-5,8-15,19-21,32-33,38H,2,6-7,16-18,22H2,1H3. The second-order valence-electron chi connectivity index (χ2n) is 9.91. The van der Waals surface area contributed by atoms with Gasteiger partial charge in [0.2, 0.25) is 0 Å². The van der Waals surface area contributed by atoms with E-state index in [1.165, 1.54) is 0 Å². The molecule has 1 fully saturated rings. The Morgan fingerprint density at radius 1 is 1.00 bits per heavy atom. The first-order chi connectivity index (χ1) is 19.0. The van der Waals surface area contributed by atoms with E-state index in [-0.39, 0.29) is 11.4 Å². The lowest BCUT2D eigenvalue weighted by atomic mass is 10.0. The van der Waals surface area contributed by atoms with E-state index in [0.717, 1.165) is 54.4 Å². The minimum Gasteiger partial charge on any atom is -0.372 e. The second kappa shape index (κ2) is 12.3. The molecule has 1 aliphatic rings. The van der Waals surface area contributed by atoms with Crippen molar-refractivity contribution in [1.29, 1.82) is 5.41 Å². The maximum Gasteiger partial charge on any atom is 0.253 e. The average Bonchev–Trinajstić information content (AvgIpc) is 3.45. The molecule has 4 aromatic rings. The number of nitrogens with one attached hydrogen (secondary N) is 1. The third-order valence-corrected chi connectivity index (χ3v) is 7.01. The molecule has 3 aromatic carbocycles. The minimum absolute atomic E-state index is 0.0577. The van der Waals surface area contributed by atoms with Crippen LogP contribution in [0.1, 0.15) is 53.9 Å². The van der Waals surface area contributed by atoms with E-state index < -0.39 is 6.23 Å². The van der Waals surface area contributed by atoms with Crippen LogP contribution in [-0.4, -0.2) is 45.6 Å².